The molecule has 0 amide bonds. The zero-order valence-electron chi connectivity index (χ0n) is 29.7. The van der Waals surface area contributed by atoms with Crippen molar-refractivity contribution in [2.75, 3.05) is 4.90 Å². The predicted molar refractivity (Wildman–Crippen MR) is 223 cm³/mol. The molecule has 1 aliphatic heterocycles. The van der Waals surface area contributed by atoms with Crippen molar-refractivity contribution >= 4 is 38.5 Å². The second-order valence-electron chi connectivity index (χ2n) is 14.4. The third-order valence-corrected chi connectivity index (χ3v) is 11.4. The van der Waals surface area contributed by atoms with Gasteiger partial charge >= 0.3 is 0 Å². The van der Waals surface area contributed by atoms with Crippen molar-refractivity contribution in [1.82, 2.24) is 0 Å². The van der Waals surface area contributed by atoms with Crippen LogP contribution in [0.1, 0.15) is 36.8 Å². The molecule has 0 saturated heterocycles. The van der Waals surface area contributed by atoms with E-state index in [0.717, 1.165) is 29.8 Å². The number of allylic oxidation sites excluding steroid dienone is 5. The minimum atomic E-state index is -0.498. The summed E-state index contributed by atoms with van der Waals surface area (Å²) in [6.45, 7) is 2.25. The van der Waals surface area contributed by atoms with Gasteiger partial charge < -0.3 is 9.64 Å². The number of para-hydroxylation sites is 2. The number of fused-ring (bicyclic) bond motifs is 5. The van der Waals surface area contributed by atoms with E-state index in [1.807, 2.05) is 0 Å². The Kier molecular flexibility index (Phi) is 7.51. The lowest BCUT2D eigenvalue weighted by molar-refractivity contribution is 0.167. The average Bonchev–Trinajstić information content (AvgIpc) is 3.54. The fourth-order valence-corrected chi connectivity index (χ4v) is 8.89. The standard InChI is InChI=1S/C51H39NO/c1-51-47(35-17-5-2-6-18-35)29-16-30-48(51)46-28-15-27-45(50(46)53-51)43-32-31-41(38-23-11-12-24-39(38)43)42-33-34-49(44-26-14-13-25-40(42)44)52(36-19-7-3-8-20-36)37-21-9-4-10-22-37/h2-3,5-9,11-34,48H,4,10H2,1H3/t48-,51?/m0/s1. The Bertz CT molecular complexity index is 2660. The molecule has 254 valence electrons. The minimum Gasteiger partial charge on any atom is -0.481 e. The van der Waals surface area contributed by atoms with Gasteiger partial charge in [-0.3, -0.25) is 0 Å². The molecule has 1 heterocycles. The van der Waals surface area contributed by atoms with E-state index in [4.69, 9.17) is 4.74 Å². The first kappa shape index (κ1) is 31.4. The van der Waals surface area contributed by atoms with Gasteiger partial charge in [0.1, 0.15) is 11.4 Å². The summed E-state index contributed by atoms with van der Waals surface area (Å²) in [5.74, 6) is 1.11. The van der Waals surface area contributed by atoms with Crippen LogP contribution in [0.4, 0.5) is 11.4 Å². The summed E-state index contributed by atoms with van der Waals surface area (Å²) < 4.78 is 7.16. The van der Waals surface area contributed by atoms with Crippen LogP contribution in [-0.2, 0) is 0 Å². The molecule has 3 aliphatic rings. The largest absolute Gasteiger partial charge is 0.481 e. The molecule has 10 rings (SSSR count). The van der Waals surface area contributed by atoms with Gasteiger partial charge in [-0.05, 0) is 82.5 Å². The number of hydrogen-bond donors (Lipinski definition) is 0. The Morgan fingerprint density at radius 1 is 0.585 bits per heavy atom. The highest BCUT2D eigenvalue weighted by molar-refractivity contribution is 6.12. The lowest BCUT2D eigenvalue weighted by atomic mass is 9.74. The van der Waals surface area contributed by atoms with Gasteiger partial charge in [-0.25, -0.2) is 0 Å². The van der Waals surface area contributed by atoms with Crippen LogP contribution in [0.5, 0.6) is 5.75 Å². The molecule has 0 saturated carbocycles. The summed E-state index contributed by atoms with van der Waals surface area (Å²) >= 11 is 0. The molecule has 2 atom stereocenters. The minimum absolute atomic E-state index is 0.128. The maximum Gasteiger partial charge on any atom is 0.142 e. The highest BCUT2D eigenvalue weighted by atomic mass is 16.5. The summed E-state index contributed by atoms with van der Waals surface area (Å²) in [5.41, 5.74) is 11.5. The maximum absolute atomic E-state index is 7.16. The van der Waals surface area contributed by atoms with E-state index in [2.05, 4.69) is 200 Å². The average molecular weight is 682 g/mol. The Balaban J connectivity index is 1.11. The first-order valence-corrected chi connectivity index (χ1v) is 18.7. The van der Waals surface area contributed by atoms with E-state index < -0.39 is 5.60 Å². The van der Waals surface area contributed by atoms with Crippen molar-refractivity contribution in [3.05, 3.63) is 205 Å². The summed E-state index contributed by atoms with van der Waals surface area (Å²) in [6, 6.07) is 55.0. The van der Waals surface area contributed by atoms with E-state index in [1.54, 1.807) is 0 Å². The highest BCUT2D eigenvalue weighted by Gasteiger charge is 2.48. The Morgan fingerprint density at radius 3 is 1.91 bits per heavy atom. The zero-order chi connectivity index (χ0) is 35.4. The number of rotatable bonds is 6. The van der Waals surface area contributed by atoms with E-state index in [9.17, 15) is 0 Å². The molecule has 2 nitrogen and oxygen atoms in total. The second-order valence-corrected chi connectivity index (χ2v) is 14.4. The number of ether oxygens (including phenoxy) is 1. The van der Waals surface area contributed by atoms with Crippen LogP contribution < -0.4 is 9.64 Å². The zero-order valence-corrected chi connectivity index (χ0v) is 29.7. The van der Waals surface area contributed by atoms with Crippen LogP contribution >= 0.6 is 0 Å². The normalized spacial score (nSPS) is 18.6. The monoisotopic (exact) mass is 681 g/mol. The lowest BCUT2D eigenvalue weighted by Gasteiger charge is -2.34. The molecule has 0 aromatic heterocycles. The van der Waals surface area contributed by atoms with E-state index in [1.165, 1.54) is 66.3 Å². The molecule has 53 heavy (non-hydrogen) atoms. The molecule has 0 N–H and O–H groups in total. The number of anilines is 2. The van der Waals surface area contributed by atoms with E-state index in [-0.39, 0.29) is 5.92 Å². The maximum atomic E-state index is 7.16. The number of hydrogen-bond acceptors (Lipinski definition) is 2. The third-order valence-electron chi connectivity index (χ3n) is 11.4. The second kappa shape index (κ2) is 12.7. The molecule has 0 fully saturated rings. The molecule has 0 radical (unpaired) electrons. The van der Waals surface area contributed by atoms with Crippen LogP contribution in [0.3, 0.4) is 0 Å². The SMILES string of the molecule is CC12Oc3c(-c4ccc(-c5ccc(N(C6=CCCC=C6)c6ccccc6)c6ccccc56)c5ccccc45)cccc3[C@@H]1C=CC=C2c1ccccc1. The predicted octanol–water partition coefficient (Wildman–Crippen LogP) is 13.6. The van der Waals surface area contributed by atoms with Gasteiger partial charge in [-0.1, -0.05) is 164 Å². The summed E-state index contributed by atoms with van der Waals surface area (Å²) in [5, 5.41) is 4.90. The molecule has 7 aromatic carbocycles. The van der Waals surface area contributed by atoms with Crippen molar-refractivity contribution < 1.29 is 4.74 Å². The first-order chi connectivity index (χ1) is 26.2. The van der Waals surface area contributed by atoms with Crippen molar-refractivity contribution in [2.24, 2.45) is 0 Å². The summed E-state index contributed by atoms with van der Waals surface area (Å²) in [6.07, 6.45) is 15.7. The molecule has 1 unspecified atom stereocenters. The summed E-state index contributed by atoms with van der Waals surface area (Å²) in [4.78, 5) is 2.41. The van der Waals surface area contributed by atoms with Gasteiger partial charge in [-0.15, -0.1) is 0 Å². The van der Waals surface area contributed by atoms with Gasteiger partial charge in [0.25, 0.3) is 0 Å². The van der Waals surface area contributed by atoms with Gasteiger partial charge in [0.2, 0.25) is 0 Å². The fraction of sp³-hybridized carbons (Fsp3) is 0.0980. The number of nitrogens with zero attached hydrogens (tertiary/aromatic N) is 1. The highest BCUT2D eigenvalue weighted by Crippen LogP contribution is 2.56. The lowest BCUT2D eigenvalue weighted by Crippen LogP contribution is -2.36. The van der Waals surface area contributed by atoms with Gasteiger partial charge in [0.05, 0.1) is 5.69 Å². The summed E-state index contributed by atoms with van der Waals surface area (Å²) in [7, 11) is 0. The molecule has 2 heteroatoms. The van der Waals surface area contributed by atoms with E-state index in [0.29, 0.717) is 0 Å². The van der Waals surface area contributed by atoms with Crippen molar-refractivity contribution in [2.45, 2.75) is 31.3 Å². The van der Waals surface area contributed by atoms with Gasteiger partial charge in [0.15, 0.2) is 0 Å². The smallest absolute Gasteiger partial charge is 0.142 e. The van der Waals surface area contributed by atoms with Crippen molar-refractivity contribution in [1.29, 1.82) is 0 Å². The number of benzene rings is 7. The fourth-order valence-electron chi connectivity index (χ4n) is 8.89. The van der Waals surface area contributed by atoms with Crippen LogP contribution in [0.2, 0.25) is 0 Å². The molecular formula is C51H39NO. The first-order valence-electron chi connectivity index (χ1n) is 18.7. The van der Waals surface area contributed by atoms with Crippen LogP contribution in [-0.4, -0.2) is 5.60 Å². The Hall–Kier alpha value is -6.38. The molecule has 7 aromatic rings. The van der Waals surface area contributed by atoms with Crippen molar-refractivity contribution in [3.63, 3.8) is 0 Å². The van der Waals surface area contributed by atoms with Crippen molar-refractivity contribution in [3.8, 4) is 28.0 Å². The Labute approximate surface area is 311 Å². The molecular weight excluding hydrogens is 643 g/mol. The van der Waals surface area contributed by atoms with Crippen LogP contribution in [0.25, 0.3) is 49.4 Å². The van der Waals surface area contributed by atoms with Gasteiger partial charge in [0, 0.05) is 39.4 Å². The van der Waals surface area contributed by atoms with Crippen LogP contribution in [0, 0.1) is 0 Å². The topological polar surface area (TPSA) is 12.5 Å². The molecule has 2 aliphatic carbocycles. The third kappa shape index (κ3) is 5.09. The van der Waals surface area contributed by atoms with Gasteiger partial charge in [-0.2, -0.15) is 0 Å². The molecule has 0 bridgehead atoms. The quantitative estimate of drug-likeness (QED) is 0.173. The molecule has 0 spiro atoms. The van der Waals surface area contributed by atoms with Crippen LogP contribution in [0.15, 0.2) is 194 Å². The Morgan fingerprint density at radius 2 is 1.21 bits per heavy atom. The van der Waals surface area contributed by atoms with E-state index >= 15 is 0 Å².